The number of benzene rings is 1. The average Bonchev–Trinajstić information content (AvgIpc) is 2.34. The van der Waals surface area contributed by atoms with Crippen molar-refractivity contribution in [3.63, 3.8) is 0 Å². The molecule has 1 aromatic carbocycles. The Bertz CT molecular complexity index is 448. The predicted molar refractivity (Wildman–Crippen MR) is 72.8 cm³/mol. The van der Waals surface area contributed by atoms with Crippen molar-refractivity contribution in [1.82, 2.24) is 0 Å². The van der Waals surface area contributed by atoms with E-state index in [9.17, 15) is 4.79 Å². The highest BCUT2D eigenvalue weighted by molar-refractivity contribution is 6.30. The highest BCUT2D eigenvalue weighted by Crippen LogP contribution is 2.32. The van der Waals surface area contributed by atoms with E-state index in [-0.39, 0.29) is 0 Å². The Balaban J connectivity index is 2.10. The number of hydrogen-bond donors (Lipinski definition) is 1. The Hall–Kier alpha value is -1.28. The summed E-state index contributed by atoms with van der Waals surface area (Å²) in [4.78, 5) is 10.8. The molecule has 2 nitrogen and oxygen atoms in total. The van der Waals surface area contributed by atoms with Gasteiger partial charge in [0.05, 0.1) is 0 Å². The van der Waals surface area contributed by atoms with E-state index >= 15 is 0 Å². The first-order valence-electron chi connectivity index (χ1n) is 6.33. The van der Waals surface area contributed by atoms with Crippen molar-refractivity contribution in [2.75, 3.05) is 0 Å². The third-order valence-electron chi connectivity index (χ3n) is 3.50. The Morgan fingerprint density at radius 1 is 1.33 bits per heavy atom. The van der Waals surface area contributed by atoms with Gasteiger partial charge in [-0.2, -0.15) is 0 Å². The first-order chi connectivity index (χ1) is 8.65. The maximum atomic E-state index is 10.8. The van der Waals surface area contributed by atoms with Crippen LogP contribution >= 0.6 is 11.6 Å². The summed E-state index contributed by atoms with van der Waals surface area (Å²) < 4.78 is 0. The van der Waals surface area contributed by atoms with Crippen LogP contribution in [0.2, 0.25) is 5.02 Å². The molecule has 0 aliphatic heterocycles. The number of carboxylic acid groups (broad SMARTS) is 1. The molecule has 3 heteroatoms. The zero-order valence-corrected chi connectivity index (χ0v) is 11.0. The van der Waals surface area contributed by atoms with Crippen LogP contribution in [0.3, 0.4) is 0 Å². The molecule has 1 atom stereocenters. The first-order valence-corrected chi connectivity index (χ1v) is 6.71. The lowest BCUT2D eigenvalue weighted by atomic mass is 9.80. The van der Waals surface area contributed by atoms with Gasteiger partial charge >= 0.3 is 5.97 Å². The monoisotopic (exact) mass is 264 g/mol. The van der Waals surface area contributed by atoms with Crippen LogP contribution in [0.25, 0.3) is 0 Å². The van der Waals surface area contributed by atoms with Gasteiger partial charge in [0.25, 0.3) is 0 Å². The van der Waals surface area contributed by atoms with Crippen LogP contribution < -0.4 is 0 Å². The smallest absolute Gasteiger partial charge is 0.328 e. The summed E-state index contributed by atoms with van der Waals surface area (Å²) in [5.74, 6) is -0.455. The Morgan fingerprint density at radius 3 is 2.72 bits per heavy atom. The van der Waals surface area contributed by atoms with Crippen LogP contribution in [0.5, 0.6) is 0 Å². The summed E-state index contributed by atoms with van der Waals surface area (Å²) in [6.07, 6.45) is 6.62. The molecule has 0 radical (unpaired) electrons. The molecule has 1 aromatic rings. The molecule has 0 heterocycles. The van der Waals surface area contributed by atoms with Gasteiger partial charge in [0, 0.05) is 11.1 Å². The van der Waals surface area contributed by atoms with E-state index < -0.39 is 5.97 Å². The molecule has 1 fully saturated rings. The number of hydrogen-bond acceptors (Lipinski definition) is 1. The molecular formula is C15H17ClO2. The second-order valence-electron chi connectivity index (χ2n) is 4.83. The number of allylic oxidation sites excluding steroid dienone is 1. The van der Waals surface area contributed by atoms with Gasteiger partial charge in [0.1, 0.15) is 0 Å². The van der Waals surface area contributed by atoms with Crippen molar-refractivity contribution >= 4 is 17.6 Å². The van der Waals surface area contributed by atoms with Gasteiger partial charge < -0.3 is 5.11 Å². The third-order valence-corrected chi connectivity index (χ3v) is 3.75. The molecule has 96 valence electrons. The summed E-state index contributed by atoms with van der Waals surface area (Å²) >= 11 is 5.86. The molecule has 0 amide bonds. The van der Waals surface area contributed by atoms with Gasteiger partial charge in [-0.15, -0.1) is 0 Å². The Kier molecular flexibility index (Phi) is 4.43. The van der Waals surface area contributed by atoms with E-state index in [1.54, 1.807) is 0 Å². The van der Waals surface area contributed by atoms with Gasteiger partial charge in [0.2, 0.25) is 0 Å². The maximum absolute atomic E-state index is 10.8. The molecule has 1 N–H and O–H groups in total. The number of aliphatic carboxylic acids is 1. The van der Waals surface area contributed by atoms with Crippen LogP contribution in [0.4, 0.5) is 0 Å². The molecular weight excluding hydrogens is 248 g/mol. The van der Waals surface area contributed by atoms with Crippen molar-refractivity contribution in [3.05, 3.63) is 46.5 Å². The predicted octanol–water partition coefficient (Wildman–Crippen LogP) is 4.08. The highest BCUT2D eigenvalue weighted by Gasteiger charge is 2.20. The van der Waals surface area contributed by atoms with E-state index in [0.29, 0.717) is 5.92 Å². The van der Waals surface area contributed by atoms with E-state index in [2.05, 4.69) is 0 Å². The fraction of sp³-hybridized carbons (Fsp3) is 0.400. The van der Waals surface area contributed by atoms with E-state index in [0.717, 1.165) is 36.3 Å². The quantitative estimate of drug-likeness (QED) is 0.835. The van der Waals surface area contributed by atoms with Crippen molar-refractivity contribution in [2.24, 2.45) is 5.92 Å². The second kappa shape index (κ2) is 6.05. The molecule has 0 saturated heterocycles. The molecule has 1 aliphatic carbocycles. The molecule has 0 bridgehead atoms. The van der Waals surface area contributed by atoms with Gasteiger partial charge in [-0.3, -0.25) is 0 Å². The van der Waals surface area contributed by atoms with Crippen LogP contribution in [0.1, 0.15) is 31.2 Å². The minimum Gasteiger partial charge on any atom is -0.478 e. The summed E-state index contributed by atoms with van der Waals surface area (Å²) in [7, 11) is 0. The van der Waals surface area contributed by atoms with E-state index in [1.165, 1.54) is 18.1 Å². The zero-order valence-electron chi connectivity index (χ0n) is 10.2. The highest BCUT2D eigenvalue weighted by atomic mass is 35.5. The molecule has 0 spiro atoms. The van der Waals surface area contributed by atoms with Crippen LogP contribution in [-0.4, -0.2) is 11.1 Å². The first kappa shape index (κ1) is 13.2. The standard InChI is InChI=1S/C15H17ClO2/c16-14-7-5-11(6-8-14)9-12-3-1-2-4-13(12)10-15(17)18/h5-8,10,12H,1-4,9H2,(H,17,18). The second-order valence-corrected chi connectivity index (χ2v) is 5.27. The maximum Gasteiger partial charge on any atom is 0.328 e. The van der Waals surface area contributed by atoms with Crippen molar-refractivity contribution in [2.45, 2.75) is 32.1 Å². The minimum absolute atomic E-state index is 0.371. The summed E-state index contributed by atoms with van der Waals surface area (Å²) in [6, 6.07) is 7.82. The number of halogens is 1. The fourth-order valence-corrected chi connectivity index (χ4v) is 2.72. The molecule has 1 saturated carbocycles. The van der Waals surface area contributed by atoms with Crippen LogP contribution in [-0.2, 0) is 11.2 Å². The molecule has 1 aliphatic rings. The van der Waals surface area contributed by atoms with Crippen LogP contribution in [0.15, 0.2) is 35.9 Å². The van der Waals surface area contributed by atoms with Crippen molar-refractivity contribution < 1.29 is 9.90 Å². The van der Waals surface area contributed by atoms with Gasteiger partial charge in [-0.25, -0.2) is 4.79 Å². The van der Waals surface area contributed by atoms with Crippen molar-refractivity contribution in [1.29, 1.82) is 0 Å². The van der Waals surface area contributed by atoms with Crippen LogP contribution in [0, 0.1) is 5.92 Å². The largest absolute Gasteiger partial charge is 0.478 e. The minimum atomic E-state index is -0.826. The summed E-state index contributed by atoms with van der Waals surface area (Å²) in [6.45, 7) is 0. The fourth-order valence-electron chi connectivity index (χ4n) is 2.60. The molecule has 18 heavy (non-hydrogen) atoms. The van der Waals surface area contributed by atoms with Gasteiger partial charge in [0.15, 0.2) is 0 Å². The zero-order chi connectivity index (χ0) is 13.0. The number of carbonyl (C=O) groups is 1. The molecule has 2 rings (SSSR count). The summed E-state index contributed by atoms with van der Waals surface area (Å²) in [5, 5.41) is 9.63. The average molecular weight is 265 g/mol. The normalized spacial score (nSPS) is 22.1. The lowest BCUT2D eigenvalue weighted by Crippen LogP contribution is -2.14. The molecule has 0 aromatic heterocycles. The number of rotatable bonds is 3. The lowest BCUT2D eigenvalue weighted by Gasteiger charge is -2.25. The van der Waals surface area contributed by atoms with E-state index in [1.807, 2.05) is 24.3 Å². The van der Waals surface area contributed by atoms with Gasteiger partial charge in [-0.05, 0) is 49.3 Å². The summed E-state index contributed by atoms with van der Waals surface area (Å²) in [5.41, 5.74) is 2.31. The lowest BCUT2D eigenvalue weighted by molar-refractivity contribution is -0.131. The Labute approximate surface area is 112 Å². The third kappa shape index (κ3) is 3.61. The van der Waals surface area contributed by atoms with E-state index in [4.69, 9.17) is 16.7 Å². The molecule has 1 unspecified atom stereocenters. The van der Waals surface area contributed by atoms with Gasteiger partial charge in [-0.1, -0.05) is 35.7 Å². The topological polar surface area (TPSA) is 37.3 Å². The SMILES string of the molecule is O=C(O)C=C1CCCCC1Cc1ccc(Cl)cc1. The van der Waals surface area contributed by atoms with Crippen molar-refractivity contribution in [3.8, 4) is 0 Å². The Morgan fingerprint density at radius 2 is 2.06 bits per heavy atom. The number of carboxylic acids is 1.